The molecule has 3 aliphatic heterocycles. The fourth-order valence-corrected chi connectivity index (χ4v) is 6.00. The van der Waals surface area contributed by atoms with Crippen molar-refractivity contribution in [1.29, 1.82) is 5.26 Å². The van der Waals surface area contributed by atoms with Crippen LogP contribution in [0.4, 0.5) is 0 Å². The summed E-state index contributed by atoms with van der Waals surface area (Å²) >= 11 is 0. The van der Waals surface area contributed by atoms with Gasteiger partial charge in [-0.15, -0.1) is 0 Å². The molecule has 39 heavy (non-hydrogen) atoms. The van der Waals surface area contributed by atoms with Crippen LogP contribution in [-0.4, -0.2) is 77.9 Å². The van der Waals surface area contributed by atoms with Crippen molar-refractivity contribution in [2.45, 2.75) is 58.3 Å². The standard InChI is InChI=1S/C31H39N5O3/c1-22(2)14-30(37)36(20-24-5-3-4-23(15-24)18-32)27-17-28(31(38)34-11-9-33-10-12-34)35(21-27)19-25-6-7-26-8-13-39-29(26)16-25/h3-7,15-16,22,27-28,33H,8-14,17,19-21H2,1-2H3/t27-,28-/m0/s1. The molecule has 1 N–H and O–H groups in total. The molecule has 0 saturated carbocycles. The first-order valence-electron chi connectivity index (χ1n) is 14.2. The summed E-state index contributed by atoms with van der Waals surface area (Å²) in [5.41, 5.74) is 3.88. The van der Waals surface area contributed by atoms with Crippen LogP contribution in [0.15, 0.2) is 42.5 Å². The summed E-state index contributed by atoms with van der Waals surface area (Å²) in [7, 11) is 0. The molecule has 8 nitrogen and oxygen atoms in total. The fraction of sp³-hybridized carbons (Fsp3) is 0.516. The first-order valence-corrected chi connectivity index (χ1v) is 14.2. The zero-order chi connectivity index (χ0) is 27.4. The first-order chi connectivity index (χ1) is 18.9. The van der Waals surface area contributed by atoms with Crippen molar-refractivity contribution < 1.29 is 14.3 Å². The number of likely N-dealkylation sites (tertiary alicyclic amines) is 1. The average molecular weight is 530 g/mol. The van der Waals surface area contributed by atoms with Gasteiger partial charge in [-0.25, -0.2) is 0 Å². The van der Waals surface area contributed by atoms with E-state index in [0.717, 1.165) is 36.4 Å². The van der Waals surface area contributed by atoms with Gasteiger partial charge in [-0.2, -0.15) is 5.26 Å². The van der Waals surface area contributed by atoms with E-state index in [1.807, 2.05) is 28.0 Å². The lowest BCUT2D eigenvalue weighted by Gasteiger charge is -2.32. The number of carbonyl (C=O) groups is 2. The molecular formula is C31H39N5O3. The molecule has 2 aromatic rings. The van der Waals surface area contributed by atoms with Crippen molar-refractivity contribution in [3.63, 3.8) is 0 Å². The predicted molar refractivity (Wildman–Crippen MR) is 149 cm³/mol. The Bertz CT molecular complexity index is 1230. The Hall–Kier alpha value is -3.41. The highest BCUT2D eigenvalue weighted by Gasteiger charge is 2.42. The van der Waals surface area contributed by atoms with Gasteiger partial charge < -0.3 is 19.9 Å². The van der Waals surface area contributed by atoms with E-state index in [9.17, 15) is 14.9 Å². The van der Waals surface area contributed by atoms with Gasteiger partial charge in [-0.05, 0) is 47.2 Å². The van der Waals surface area contributed by atoms with Crippen LogP contribution < -0.4 is 10.1 Å². The summed E-state index contributed by atoms with van der Waals surface area (Å²) in [6.45, 7) is 9.54. The van der Waals surface area contributed by atoms with Crippen molar-refractivity contribution >= 4 is 11.8 Å². The molecule has 3 aliphatic rings. The van der Waals surface area contributed by atoms with Crippen LogP contribution in [0.3, 0.4) is 0 Å². The van der Waals surface area contributed by atoms with Gasteiger partial charge in [0.05, 0.1) is 24.3 Å². The zero-order valence-corrected chi connectivity index (χ0v) is 23.1. The van der Waals surface area contributed by atoms with Gasteiger partial charge >= 0.3 is 0 Å². The van der Waals surface area contributed by atoms with Crippen molar-refractivity contribution in [1.82, 2.24) is 20.0 Å². The maximum Gasteiger partial charge on any atom is 0.240 e. The van der Waals surface area contributed by atoms with Crippen LogP contribution >= 0.6 is 0 Å². The molecule has 2 saturated heterocycles. The number of piperazine rings is 1. The number of ether oxygens (including phenoxy) is 1. The number of hydrogen-bond acceptors (Lipinski definition) is 6. The SMILES string of the molecule is CC(C)CC(=O)N(Cc1cccc(C#N)c1)[C@H]1C[C@@H](C(=O)N2CCNCC2)N(Cc2ccc3c(c2)OCC3)C1. The summed E-state index contributed by atoms with van der Waals surface area (Å²) in [6.07, 6.45) is 1.99. The smallest absolute Gasteiger partial charge is 0.240 e. The van der Waals surface area contributed by atoms with Gasteiger partial charge in [0.15, 0.2) is 0 Å². The molecule has 2 amide bonds. The van der Waals surface area contributed by atoms with Crippen LogP contribution in [-0.2, 0) is 29.1 Å². The van der Waals surface area contributed by atoms with E-state index in [1.165, 1.54) is 5.56 Å². The molecule has 5 rings (SSSR count). The van der Waals surface area contributed by atoms with Crippen LogP contribution in [0.5, 0.6) is 5.75 Å². The number of nitrogens with one attached hydrogen (secondary N) is 1. The molecule has 206 valence electrons. The molecule has 0 aliphatic carbocycles. The lowest BCUT2D eigenvalue weighted by atomic mass is 10.0. The molecule has 2 aromatic carbocycles. The highest BCUT2D eigenvalue weighted by Crippen LogP contribution is 2.31. The Balaban J connectivity index is 1.41. The van der Waals surface area contributed by atoms with E-state index in [2.05, 4.69) is 48.3 Å². The van der Waals surface area contributed by atoms with Crippen LogP contribution in [0.25, 0.3) is 0 Å². The number of hydrogen-bond donors (Lipinski definition) is 1. The third kappa shape index (κ3) is 6.43. The largest absolute Gasteiger partial charge is 0.493 e. The van der Waals surface area contributed by atoms with Crippen molar-refractivity contribution in [3.05, 3.63) is 64.7 Å². The van der Waals surface area contributed by atoms with Crippen molar-refractivity contribution in [3.8, 4) is 11.8 Å². The third-order valence-electron chi connectivity index (χ3n) is 7.99. The van der Waals surface area contributed by atoms with Crippen LogP contribution in [0.1, 0.15) is 48.9 Å². The lowest BCUT2D eigenvalue weighted by Crippen LogP contribution is -2.52. The van der Waals surface area contributed by atoms with E-state index in [-0.39, 0.29) is 29.8 Å². The maximum atomic E-state index is 13.8. The van der Waals surface area contributed by atoms with Gasteiger partial charge in [0.2, 0.25) is 11.8 Å². The summed E-state index contributed by atoms with van der Waals surface area (Å²) in [6, 6.07) is 15.7. The van der Waals surface area contributed by atoms with Gasteiger partial charge in [-0.3, -0.25) is 14.5 Å². The first kappa shape index (κ1) is 27.2. The summed E-state index contributed by atoms with van der Waals surface area (Å²) < 4.78 is 5.81. The predicted octanol–water partition coefficient (Wildman–Crippen LogP) is 2.94. The molecule has 0 aromatic heterocycles. The molecule has 0 radical (unpaired) electrons. The number of nitriles is 1. The third-order valence-corrected chi connectivity index (χ3v) is 7.99. The molecule has 0 bridgehead atoms. The Kier molecular flexibility index (Phi) is 8.49. The molecule has 2 fully saturated rings. The Labute approximate surface area is 231 Å². The minimum absolute atomic E-state index is 0.0930. The zero-order valence-electron chi connectivity index (χ0n) is 23.1. The summed E-state index contributed by atoms with van der Waals surface area (Å²) in [5, 5.41) is 12.7. The van der Waals surface area contributed by atoms with Gasteiger partial charge in [-0.1, -0.05) is 38.1 Å². The second-order valence-corrected chi connectivity index (χ2v) is 11.4. The summed E-state index contributed by atoms with van der Waals surface area (Å²) in [5.74, 6) is 1.42. The number of carbonyl (C=O) groups excluding carboxylic acids is 2. The molecule has 2 atom stereocenters. The molecule has 3 heterocycles. The van der Waals surface area contributed by atoms with E-state index in [0.29, 0.717) is 57.7 Å². The summed E-state index contributed by atoms with van der Waals surface area (Å²) in [4.78, 5) is 33.6. The van der Waals surface area contributed by atoms with E-state index >= 15 is 0 Å². The lowest BCUT2D eigenvalue weighted by molar-refractivity contribution is -0.137. The molecule has 0 spiro atoms. The Morgan fingerprint density at radius 3 is 2.74 bits per heavy atom. The number of fused-ring (bicyclic) bond motifs is 1. The van der Waals surface area contributed by atoms with Crippen molar-refractivity contribution in [2.75, 3.05) is 39.3 Å². The second kappa shape index (κ2) is 12.2. The molecular weight excluding hydrogens is 490 g/mol. The monoisotopic (exact) mass is 529 g/mol. The molecule has 8 heteroatoms. The number of benzene rings is 2. The average Bonchev–Trinajstić information content (AvgIpc) is 3.58. The Morgan fingerprint density at radius 1 is 1.15 bits per heavy atom. The van der Waals surface area contributed by atoms with E-state index < -0.39 is 0 Å². The van der Waals surface area contributed by atoms with Gasteiger partial charge in [0.25, 0.3) is 0 Å². The fourth-order valence-electron chi connectivity index (χ4n) is 6.00. The van der Waals surface area contributed by atoms with E-state index in [1.54, 1.807) is 6.07 Å². The van der Waals surface area contributed by atoms with Gasteiger partial charge in [0.1, 0.15) is 5.75 Å². The second-order valence-electron chi connectivity index (χ2n) is 11.4. The van der Waals surface area contributed by atoms with Crippen molar-refractivity contribution in [2.24, 2.45) is 5.92 Å². The highest BCUT2D eigenvalue weighted by molar-refractivity contribution is 5.83. The van der Waals surface area contributed by atoms with Crippen LogP contribution in [0, 0.1) is 17.2 Å². The van der Waals surface area contributed by atoms with E-state index in [4.69, 9.17) is 4.74 Å². The topological polar surface area (TPSA) is 88.9 Å². The quantitative estimate of drug-likeness (QED) is 0.566. The number of amides is 2. The van der Waals surface area contributed by atoms with Crippen LogP contribution in [0.2, 0.25) is 0 Å². The number of nitrogens with zero attached hydrogens (tertiary/aromatic N) is 4. The van der Waals surface area contributed by atoms with Gasteiger partial charge in [0, 0.05) is 64.7 Å². The minimum Gasteiger partial charge on any atom is -0.493 e. The maximum absolute atomic E-state index is 13.8. The normalized spacial score (nSPS) is 20.9. The number of rotatable bonds is 8. The minimum atomic E-state index is -0.290. The molecule has 0 unspecified atom stereocenters. The highest BCUT2D eigenvalue weighted by atomic mass is 16.5. The Morgan fingerprint density at radius 2 is 1.97 bits per heavy atom.